The Morgan fingerprint density at radius 2 is 2.09 bits per heavy atom. The third kappa shape index (κ3) is 2.93. The zero-order valence-electron chi connectivity index (χ0n) is 11.7. The molecule has 3 aromatic rings. The fraction of sp³-hybridized carbons (Fsp3) is 0. The molecule has 112 valence electrons. The number of para-hydroxylation sites is 1. The third-order valence-electron chi connectivity index (χ3n) is 3.27. The molecule has 0 spiro atoms. The molecule has 2 N–H and O–H groups in total. The van der Waals surface area contributed by atoms with E-state index in [1.165, 1.54) is 12.1 Å². The van der Waals surface area contributed by atoms with Crippen LogP contribution in [-0.2, 0) is 0 Å². The van der Waals surface area contributed by atoms with Crippen molar-refractivity contribution in [1.29, 1.82) is 5.26 Å². The van der Waals surface area contributed by atoms with Crippen LogP contribution in [0.4, 0.5) is 0 Å². The number of nitriles is 1. The van der Waals surface area contributed by atoms with Crippen molar-refractivity contribution in [3.8, 4) is 11.8 Å². The highest BCUT2D eigenvalue weighted by atomic mass is 35.5. The molecule has 0 saturated heterocycles. The second kappa shape index (κ2) is 5.95. The van der Waals surface area contributed by atoms with Crippen LogP contribution in [0.25, 0.3) is 22.6 Å². The summed E-state index contributed by atoms with van der Waals surface area (Å²) >= 11 is 5.85. The van der Waals surface area contributed by atoms with Gasteiger partial charge in [0.15, 0.2) is 5.82 Å². The van der Waals surface area contributed by atoms with E-state index in [1.807, 2.05) is 6.07 Å². The summed E-state index contributed by atoms with van der Waals surface area (Å²) in [5.41, 5.74) is 1.00. The number of aromatic amines is 1. The minimum Gasteiger partial charge on any atom is -0.506 e. The predicted octanol–water partition coefficient (Wildman–Crippen LogP) is 3.35. The highest BCUT2D eigenvalue weighted by molar-refractivity contribution is 6.32. The molecule has 0 bridgehead atoms. The Morgan fingerprint density at radius 3 is 2.83 bits per heavy atom. The van der Waals surface area contributed by atoms with Crippen molar-refractivity contribution in [1.82, 2.24) is 9.97 Å². The summed E-state index contributed by atoms with van der Waals surface area (Å²) in [6, 6.07) is 13.5. The van der Waals surface area contributed by atoms with E-state index >= 15 is 0 Å². The lowest BCUT2D eigenvalue weighted by molar-refractivity contribution is 0.475. The lowest BCUT2D eigenvalue weighted by Crippen LogP contribution is -2.11. The maximum absolute atomic E-state index is 12.1. The number of phenolic OH excluding ortho intramolecular Hbond substituents is 1. The first kappa shape index (κ1) is 14.8. The van der Waals surface area contributed by atoms with Gasteiger partial charge in [0, 0.05) is 0 Å². The van der Waals surface area contributed by atoms with Gasteiger partial charge in [-0.05, 0) is 35.9 Å². The van der Waals surface area contributed by atoms with Crippen molar-refractivity contribution in [3.63, 3.8) is 0 Å². The van der Waals surface area contributed by atoms with Crippen LogP contribution in [0.1, 0.15) is 11.4 Å². The summed E-state index contributed by atoms with van der Waals surface area (Å²) in [6.07, 6.45) is 1.54. The molecular formula is C17H10ClN3O2. The zero-order chi connectivity index (χ0) is 16.4. The molecule has 0 saturated carbocycles. The van der Waals surface area contributed by atoms with E-state index in [-0.39, 0.29) is 27.7 Å². The first-order valence-electron chi connectivity index (χ1n) is 6.68. The SMILES string of the molecule is N#C/C(=C/c1ccc(O)c(Cl)c1)c1nc2ccccc2c(=O)[nH]1. The standard InChI is InChI=1S/C17H10ClN3O2/c18-13-8-10(5-6-15(13)22)7-11(9-19)16-20-14-4-2-1-3-12(14)17(23)21-16/h1-8,22H,(H,20,21,23)/b11-7-. The van der Waals surface area contributed by atoms with Crippen molar-refractivity contribution in [2.45, 2.75) is 0 Å². The van der Waals surface area contributed by atoms with Gasteiger partial charge >= 0.3 is 0 Å². The Morgan fingerprint density at radius 1 is 1.30 bits per heavy atom. The number of benzene rings is 2. The number of H-pyrrole nitrogens is 1. The molecule has 23 heavy (non-hydrogen) atoms. The molecule has 0 unspecified atom stereocenters. The number of hydrogen-bond donors (Lipinski definition) is 2. The lowest BCUT2D eigenvalue weighted by atomic mass is 10.1. The first-order valence-corrected chi connectivity index (χ1v) is 7.06. The molecular weight excluding hydrogens is 314 g/mol. The van der Waals surface area contributed by atoms with E-state index in [0.717, 1.165) is 0 Å². The number of fused-ring (bicyclic) bond motifs is 1. The van der Waals surface area contributed by atoms with Gasteiger partial charge in [0.1, 0.15) is 11.8 Å². The van der Waals surface area contributed by atoms with E-state index in [9.17, 15) is 15.2 Å². The average molecular weight is 324 g/mol. The molecule has 1 heterocycles. The van der Waals surface area contributed by atoms with Crippen molar-refractivity contribution in [3.05, 3.63) is 69.2 Å². The van der Waals surface area contributed by atoms with E-state index in [4.69, 9.17) is 11.6 Å². The van der Waals surface area contributed by atoms with E-state index < -0.39 is 0 Å². The molecule has 0 radical (unpaired) electrons. The molecule has 0 fully saturated rings. The Labute approximate surface area is 136 Å². The molecule has 6 heteroatoms. The summed E-state index contributed by atoms with van der Waals surface area (Å²) in [7, 11) is 0. The summed E-state index contributed by atoms with van der Waals surface area (Å²) in [5.74, 6) is 0.139. The maximum Gasteiger partial charge on any atom is 0.259 e. The number of aromatic hydroxyl groups is 1. The topological polar surface area (TPSA) is 89.8 Å². The smallest absolute Gasteiger partial charge is 0.259 e. The second-order valence-corrected chi connectivity index (χ2v) is 5.22. The van der Waals surface area contributed by atoms with Crippen molar-refractivity contribution >= 4 is 34.2 Å². The van der Waals surface area contributed by atoms with Gasteiger partial charge in [0.05, 0.1) is 21.5 Å². The third-order valence-corrected chi connectivity index (χ3v) is 3.57. The first-order chi connectivity index (χ1) is 11.1. The summed E-state index contributed by atoms with van der Waals surface area (Å²) in [6.45, 7) is 0. The molecule has 5 nitrogen and oxygen atoms in total. The van der Waals surface area contributed by atoms with Gasteiger partial charge in [0.2, 0.25) is 0 Å². The lowest BCUT2D eigenvalue weighted by Gasteiger charge is -2.03. The monoisotopic (exact) mass is 323 g/mol. The summed E-state index contributed by atoms with van der Waals surface area (Å²) in [5, 5.41) is 19.4. The van der Waals surface area contributed by atoms with Gasteiger partial charge in [-0.3, -0.25) is 4.79 Å². The quantitative estimate of drug-likeness (QED) is 0.708. The van der Waals surface area contributed by atoms with Gasteiger partial charge in [-0.2, -0.15) is 5.26 Å². The molecule has 0 amide bonds. The van der Waals surface area contributed by atoms with Crippen molar-refractivity contribution in [2.24, 2.45) is 0 Å². The average Bonchev–Trinajstić information content (AvgIpc) is 2.56. The molecule has 1 aromatic heterocycles. The normalized spacial score (nSPS) is 11.4. The van der Waals surface area contributed by atoms with Crippen LogP contribution < -0.4 is 5.56 Å². The van der Waals surface area contributed by atoms with Gasteiger partial charge in [0.25, 0.3) is 5.56 Å². The van der Waals surface area contributed by atoms with Crippen LogP contribution in [-0.4, -0.2) is 15.1 Å². The van der Waals surface area contributed by atoms with Crippen LogP contribution in [0.5, 0.6) is 5.75 Å². The van der Waals surface area contributed by atoms with Crippen LogP contribution in [0.15, 0.2) is 47.3 Å². The van der Waals surface area contributed by atoms with Crippen LogP contribution in [0.2, 0.25) is 5.02 Å². The number of allylic oxidation sites excluding steroid dienone is 1. The van der Waals surface area contributed by atoms with E-state index in [2.05, 4.69) is 9.97 Å². The van der Waals surface area contributed by atoms with Gasteiger partial charge in [-0.1, -0.05) is 29.8 Å². The van der Waals surface area contributed by atoms with Crippen molar-refractivity contribution < 1.29 is 5.11 Å². The fourth-order valence-electron chi connectivity index (χ4n) is 2.15. The number of nitrogens with zero attached hydrogens (tertiary/aromatic N) is 2. The zero-order valence-corrected chi connectivity index (χ0v) is 12.5. The largest absolute Gasteiger partial charge is 0.506 e. The summed E-state index contributed by atoms with van der Waals surface area (Å²) in [4.78, 5) is 19.0. The van der Waals surface area contributed by atoms with E-state index in [0.29, 0.717) is 16.5 Å². The number of phenols is 1. The Kier molecular flexibility index (Phi) is 3.83. The fourth-order valence-corrected chi connectivity index (χ4v) is 2.34. The van der Waals surface area contributed by atoms with Crippen LogP contribution in [0.3, 0.4) is 0 Å². The number of rotatable bonds is 2. The van der Waals surface area contributed by atoms with Crippen LogP contribution >= 0.6 is 11.6 Å². The highest BCUT2D eigenvalue weighted by Crippen LogP contribution is 2.25. The maximum atomic E-state index is 12.1. The summed E-state index contributed by atoms with van der Waals surface area (Å²) < 4.78 is 0. The Bertz CT molecular complexity index is 1030. The second-order valence-electron chi connectivity index (χ2n) is 4.81. The number of nitrogens with one attached hydrogen (secondary N) is 1. The number of halogens is 1. The van der Waals surface area contributed by atoms with Gasteiger partial charge in [-0.15, -0.1) is 0 Å². The highest BCUT2D eigenvalue weighted by Gasteiger charge is 2.08. The van der Waals surface area contributed by atoms with Gasteiger partial charge < -0.3 is 10.1 Å². The molecule has 0 aliphatic rings. The molecule has 2 aromatic carbocycles. The minimum absolute atomic E-state index is 0.0421. The van der Waals surface area contributed by atoms with Crippen molar-refractivity contribution in [2.75, 3.05) is 0 Å². The molecule has 0 atom stereocenters. The van der Waals surface area contributed by atoms with E-state index in [1.54, 1.807) is 36.4 Å². The Balaban J connectivity index is 2.14. The predicted molar refractivity (Wildman–Crippen MR) is 89.0 cm³/mol. The number of aromatic nitrogens is 2. The van der Waals surface area contributed by atoms with Gasteiger partial charge in [-0.25, -0.2) is 4.98 Å². The molecule has 0 aliphatic carbocycles. The van der Waals surface area contributed by atoms with Crippen LogP contribution in [0, 0.1) is 11.3 Å². The Hall–Kier alpha value is -3.10. The minimum atomic E-state index is -0.310. The number of hydrogen-bond acceptors (Lipinski definition) is 4. The molecule has 0 aliphatic heterocycles. The molecule has 3 rings (SSSR count).